The minimum Gasteiger partial charge on any atom is -0.492 e. The summed E-state index contributed by atoms with van der Waals surface area (Å²) >= 11 is 0. The SMILES string of the molecule is Cc1cccc(OCCNC(=O)CC2CCCCC2)c1. The molecule has 1 aliphatic carbocycles. The first kappa shape index (κ1) is 14.9. The van der Waals surface area contributed by atoms with Crippen LogP contribution in [0.15, 0.2) is 24.3 Å². The summed E-state index contributed by atoms with van der Waals surface area (Å²) in [6.45, 7) is 3.15. The predicted octanol–water partition coefficient (Wildman–Crippen LogP) is 3.46. The van der Waals surface area contributed by atoms with Gasteiger partial charge in [-0.1, -0.05) is 31.4 Å². The molecule has 0 aromatic heterocycles. The lowest BCUT2D eigenvalue weighted by molar-refractivity contribution is -0.122. The third kappa shape index (κ3) is 5.24. The van der Waals surface area contributed by atoms with E-state index >= 15 is 0 Å². The molecule has 0 heterocycles. The van der Waals surface area contributed by atoms with Crippen molar-refractivity contribution in [3.63, 3.8) is 0 Å². The van der Waals surface area contributed by atoms with E-state index in [1.165, 1.54) is 37.7 Å². The molecular formula is C17H25NO2. The summed E-state index contributed by atoms with van der Waals surface area (Å²) in [4.78, 5) is 11.8. The van der Waals surface area contributed by atoms with Gasteiger partial charge in [0.15, 0.2) is 0 Å². The van der Waals surface area contributed by atoms with E-state index in [1.54, 1.807) is 0 Å². The molecule has 110 valence electrons. The van der Waals surface area contributed by atoms with Crippen molar-refractivity contribution in [1.82, 2.24) is 5.32 Å². The third-order valence-electron chi connectivity index (χ3n) is 3.88. The zero-order chi connectivity index (χ0) is 14.2. The summed E-state index contributed by atoms with van der Waals surface area (Å²) in [7, 11) is 0. The highest BCUT2D eigenvalue weighted by atomic mass is 16.5. The van der Waals surface area contributed by atoms with Crippen molar-refractivity contribution in [1.29, 1.82) is 0 Å². The van der Waals surface area contributed by atoms with Gasteiger partial charge in [0.1, 0.15) is 12.4 Å². The molecule has 0 radical (unpaired) electrons. The monoisotopic (exact) mass is 275 g/mol. The van der Waals surface area contributed by atoms with Crippen LogP contribution in [-0.4, -0.2) is 19.1 Å². The molecule has 1 N–H and O–H groups in total. The zero-order valence-electron chi connectivity index (χ0n) is 12.4. The maximum Gasteiger partial charge on any atom is 0.220 e. The van der Waals surface area contributed by atoms with Gasteiger partial charge in [0, 0.05) is 6.42 Å². The Morgan fingerprint density at radius 2 is 2.10 bits per heavy atom. The Hall–Kier alpha value is -1.51. The number of ether oxygens (including phenoxy) is 1. The van der Waals surface area contributed by atoms with Crippen molar-refractivity contribution in [3.05, 3.63) is 29.8 Å². The fraction of sp³-hybridized carbons (Fsp3) is 0.588. The van der Waals surface area contributed by atoms with Gasteiger partial charge in [-0.05, 0) is 43.4 Å². The van der Waals surface area contributed by atoms with Crippen molar-refractivity contribution in [2.24, 2.45) is 5.92 Å². The molecule has 3 nitrogen and oxygen atoms in total. The quantitative estimate of drug-likeness (QED) is 0.807. The van der Waals surface area contributed by atoms with Gasteiger partial charge in [-0.25, -0.2) is 0 Å². The van der Waals surface area contributed by atoms with E-state index in [0.717, 1.165) is 5.75 Å². The van der Waals surface area contributed by atoms with Crippen LogP contribution in [0, 0.1) is 12.8 Å². The molecule has 3 heteroatoms. The molecule has 1 aromatic carbocycles. The maximum absolute atomic E-state index is 11.8. The van der Waals surface area contributed by atoms with Crippen molar-refractivity contribution >= 4 is 5.91 Å². The van der Waals surface area contributed by atoms with Gasteiger partial charge >= 0.3 is 0 Å². The smallest absolute Gasteiger partial charge is 0.220 e. The van der Waals surface area contributed by atoms with Crippen LogP contribution in [0.25, 0.3) is 0 Å². The van der Waals surface area contributed by atoms with E-state index in [0.29, 0.717) is 25.5 Å². The van der Waals surface area contributed by atoms with Gasteiger partial charge in [0.2, 0.25) is 5.91 Å². The van der Waals surface area contributed by atoms with Crippen LogP contribution in [0.5, 0.6) is 5.75 Å². The van der Waals surface area contributed by atoms with Crippen molar-refractivity contribution < 1.29 is 9.53 Å². The molecule has 0 atom stereocenters. The molecule has 0 spiro atoms. The number of nitrogens with one attached hydrogen (secondary N) is 1. The highest BCUT2D eigenvalue weighted by Gasteiger charge is 2.16. The Morgan fingerprint density at radius 3 is 2.85 bits per heavy atom. The zero-order valence-corrected chi connectivity index (χ0v) is 12.4. The second-order valence-corrected chi connectivity index (χ2v) is 5.72. The number of hydrogen-bond acceptors (Lipinski definition) is 2. The van der Waals surface area contributed by atoms with Gasteiger partial charge in [0.05, 0.1) is 6.54 Å². The van der Waals surface area contributed by atoms with E-state index in [1.807, 2.05) is 31.2 Å². The normalized spacial score (nSPS) is 15.8. The molecule has 1 fully saturated rings. The summed E-state index contributed by atoms with van der Waals surface area (Å²) in [5.74, 6) is 1.64. The Morgan fingerprint density at radius 1 is 1.30 bits per heavy atom. The van der Waals surface area contributed by atoms with Crippen molar-refractivity contribution in [2.45, 2.75) is 45.4 Å². The lowest BCUT2D eigenvalue weighted by Gasteiger charge is -2.20. The van der Waals surface area contributed by atoms with E-state index in [9.17, 15) is 4.79 Å². The Labute approximate surface area is 121 Å². The second-order valence-electron chi connectivity index (χ2n) is 5.72. The van der Waals surface area contributed by atoms with Crippen LogP contribution < -0.4 is 10.1 Å². The van der Waals surface area contributed by atoms with E-state index < -0.39 is 0 Å². The van der Waals surface area contributed by atoms with Crippen molar-refractivity contribution in [2.75, 3.05) is 13.2 Å². The summed E-state index contributed by atoms with van der Waals surface area (Å²) in [6, 6.07) is 7.96. The number of hydrogen-bond donors (Lipinski definition) is 1. The van der Waals surface area contributed by atoms with Crippen LogP contribution in [-0.2, 0) is 4.79 Å². The Kier molecular flexibility index (Phi) is 5.90. The summed E-state index contributed by atoms with van der Waals surface area (Å²) < 4.78 is 5.61. The molecule has 0 aliphatic heterocycles. The maximum atomic E-state index is 11.8. The molecular weight excluding hydrogens is 250 g/mol. The molecule has 2 rings (SSSR count). The minimum absolute atomic E-state index is 0.171. The molecule has 1 aromatic rings. The molecule has 20 heavy (non-hydrogen) atoms. The average molecular weight is 275 g/mol. The van der Waals surface area contributed by atoms with Gasteiger partial charge in [-0.2, -0.15) is 0 Å². The third-order valence-corrected chi connectivity index (χ3v) is 3.88. The number of carbonyl (C=O) groups is 1. The van der Waals surface area contributed by atoms with Gasteiger partial charge < -0.3 is 10.1 Å². The number of aryl methyl sites for hydroxylation is 1. The molecule has 1 aliphatic rings. The topological polar surface area (TPSA) is 38.3 Å². The van der Waals surface area contributed by atoms with Crippen molar-refractivity contribution in [3.8, 4) is 5.75 Å². The highest BCUT2D eigenvalue weighted by molar-refractivity contribution is 5.76. The van der Waals surface area contributed by atoms with Crippen LogP contribution in [0.3, 0.4) is 0 Å². The molecule has 0 unspecified atom stereocenters. The van der Waals surface area contributed by atoms with Crippen LogP contribution in [0.1, 0.15) is 44.1 Å². The molecule has 1 saturated carbocycles. The molecule has 0 bridgehead atoms. The fourth-order valence-corrected chi connectivity index (χ4v) is 2.79. The number of carbonyl (C=O) groups excluding carboxylic acids is 1. The Balaban J connectivity index is 1.59. The first-order valence-electron chi connectivity index (χ1n) is 7.70. The van der Waals surface area contributed by atoms with E-state index in [4.69, 9.17) is 4.74 Å². The van der Waals surface area contributed by atoms with Crippen LogP contribution >= 0.6 is 0 Å². The predicted molar refractivity (Wildman–Crippen MR) is 80.9 cm³/mol. The van der Waals surface area contributed by atoms with Gasteiger partial charge in [-0.3, -0.25) is 4.79 Å². The first-order chi connectivity index (χ1) is 9.74. The molecule has 0 saturated heterocycles. The van der Waals surface area contributed by atoms with Crippen LogP contribution in [0.2, 0.25) is 0 Å². The summed E-state index contributed by atoms with van der Waals surface area (Å²) in [6.07, 6.45) is 7.02. The van der Waals surface area contributed by atoms with Gasteiger partial charge in [0.25, 0.3) is 0 Å². The van der Waals surface area contributed by atoms with E-state index in [2.05, 4.69) is 5.32 Å². The lowest BCUT2D eigenvalue weighted by atomic mass is 9.87. The van der Waals surface area contributed by atoms with Gasteiger partial charge in [-0.15, -0.1) is 0 Å². The highest BCUT2D eigenvalue weighted by Crippen LogP contribution is 2.25. The fourth-order valence-electron chi connectivity index (χ4n) is 2.79. The Bertz CT molecular complexity index is 425. The second kappa shape index (κ2) is 7.93. The summed E-state index contributed by atoms with van der Waals surface area (Å²) in [5, 5.41) is 2.95. The minimum atomic E-state index is 0.171. The standard InChI is InChI=1S/C17H25NO2/c1-14-6-5-9-16(12-14)20-11-10-18-17(19)13-15-7-3-2-4-8-15/h5-6,9,12,15H,2-4,7-8,10-11,13H2,1H3,(H,18,19). The first-order valence-corrected chi connectivity index (χ1v) is 7.70. The number of benzene rings is 1. The van der Waals surface area contributed by atoms with Crippen LogP contribution in [0.4, 0.5) is 0 Å². The lowest BCUT2D eigenvalue weighted by Crippen LogP contribution is -2.30. The number of rotatable bonds is 6. The number of amides is 1. The largest absolute Gasteiger partial charge is 0.492 e. The average Bonchev–Trinajstić information content (AvgIpc) is 2.45. The summed E-state index contributed by atoms with van der Waals surface area (Å²) in [5.41, 5.74) is 1.18. The molecule has 1 amide bonds. The van der Waals surface area contributed by atoms with E-state index in [-0.39, 0.29) is 5.91 Å².